The SMILES string of the molecule is CCN1C2=C(C(=O)CC(C)(C)C2)C(c2cc(I)c(OCc3cccc([N+](=O)[O-])c3)c(OC)c2)C2=C1CC(C)(C)CC2=O. The molecule has 1 aliphatic heterocycles. The number of allylic oxidation sites excluding steroid dienone is 4. The number of rotatable bonds is 7. The van der Waals surface area contributed by atoms with Crippen LogP contribution in [-0.4, -0.2) is 35.0 Å². The topological polar surface area (TPSA) is 99.0 Å². The number of Topliss-reactive ketones (excluding diaryl/α,β-unsaturated/α-hetero) is 2. The highest BCUT2D eigenvalue weighted by Gasteiger charge is 2.48. The van der Waals surface area contributed by atoms with Gasteiger partial charge in [0, 0.05) is 60.0 Å². The molecule has 222 valence electrons. The van der Waals surface area contributed by atoms with Crippen LogP contribution in [0.15, 0.2) is 58.9 Å². The molecule has 2 aromatic carbocycles. The molecular weight excluding hydrogens is 647 g/mol. The number of nitrogens with zero attached hydrogens (tertiary/aromatic N) is 2. The van der Waals surface area contributed by atoms with E-state index in [0.717, 1.165) is 44.5 Å². The number of carbonyl (C=O) groups excluding carboxylic acids is 2. The van der Waals surface area contributed by atoms with Crippen LogP contribution in [0.2, 0.25) is 0 Å². The van der Waals surface area contributed by atoms with Crippen molar-refractivity contribution in [3.8, 4) is 11.5 Å². The van der Waals surface area contributed by atoms with Gasteiger partial charge in [-0.15, -0.1) is 0 Å². The number of methoxy groups -OCH3 is 1. The van der Waals surface area contributed by atoms with E-state index in [9.17, 15) is 19.7 Å². The fourth-order valence-corrected chi connectivity index (χ4v) is 7.51. The maximum atomic E-state index is 13.9. The van der Waals surface area contributed by atoms with Crippen molar-refractivity contribution in [3.63, 3.8) is 0 Å². The number of ketones is 2. The van der Waals surface area contributed by atoms with Crippen LogP contribution >= 0.6 is 22.6 Å². The molecule has 2 aromatic rings. The Balaban J connectivity index is 1.62. The van der Waals surface area contributed by atoms with E-state index >= 15 is 0 Å². The van der Waals surface area contributed by atoms with Gasteiger partial charge in [0.25, 0.3) is 5.69 Å². The van der Waals surface area contributed by atoms with E-state index in [4.69, 9.17) is 9.47 Å². The Morgan fingerprint density at radius 3 is 2.10 bits per heavy atom. The molecule has 0 fully saturated rings. The van der Waals surface area contributed by atoms with Crippen molar-refractivity contribution >= 4 is 39.8 Å². The zero-order valence-corrected chi connectivity index (χ0v) is 27.2. The van der Waals surface area contributed by atoms with Gasteiger partial charge in [-0.1, -0.05) is 39.8 Å². The second-order valence-electron chi connectivity index (χ2n) is 13.0. The molecule has 1 heterocycles. The standard InChI is InChI=1S/C33H37IN2O6/c1-7-35-23-14-32(2,3)16-25(37)29(23)28(30-24(35)15-33(4,5)17-26(30)38)20-12-22(34)31(27(13-20)41-6)42-18-19-9-8-10-21(11-19)36(39)40/h8-13,28H,7,14-18H2,1-6H3. The Morgan fingerprint density at radius 2 is 1.57 bits per heavy atom. The minimum Gasteiger partial charge on any atom is -0.493 e. The summed E-state index contributed by atoms with van der Waals surface area (Å²) in [5.41, 5.74) is 4.68. The van der Waals surface area contributed by atoms with Crippen LogP contribution in [0.4, 0.5) is 5.69 Å². The normalized spacial score (nSPS) is 19.9. The molecule has 0 amide bonds. The first kappa shape index (κ1) is 30.3. The van der Waals surface area contributed by atoms with Gasteiger partial charge in [0.2, 0.25) is 0 Å². The zero-order valence-electron chi connectivity index (χ0n) is 25.0. The fraction of sp³-hybridized carbons (Fsp3) is 0.455. The van der Waals surface area contributed by atoms with Crippen molar-refractivity contribution in [1.29, 1.82) is 0 Å². The molecule has 8 nitrogen and oxygen atoms in total. The molecule has 5 rings (SSSR count). The van der Waals surface area contributed by atoms with Gasteiger partial charge in [0.05, 0.1) is 15.6 Å². The lowest BCUT2D eigenvalue weighted by molar-refractivity contribution is -0.384. The maximum Gasteiger partial charge on any atom is 0.269 e. The number of carbonyl (C=O) groups is 2. The summed E-state index contributed by atoms with van der Waals surface area (Å²) in [6.45, 7) is 11.4. The number of ether oxygens (including phenoxy) is 2. The highest BCUT2D eigenvalue weighted by atomic mass is 127. The summed E-state index contributed by atoms with van der Waals surface area (Å²) in [6.07, 6.45) is 2.40. The number of nitro benzene ring substituents is 1. The van der Waals surface area contributed by atoms with E-state index in [1.165, 1.54) is 12.1 Å². The number of halogens is 1. The molecule has 0 saturated carbocycles. The Bertz CT molecular complexity index is 1500. The van der Waals surface area contributed by atoms with E-state index in [2.05, 4.69) is 62.1 Å². The van der Waals surface area contributed by atoms with Gasteiger partial charge < -0.3 is 14.4 Å². The first-order chi connectivity index (χ1) is 19.7. The Hall–Kier alpha value is -3.21. The summed E-state index contributed by atoms with van der Waals surface area (Å²) >= 11 is 2.19. The lowest BCUT2D eigenvalue weighted by Gasteiger charge is -2.49. The highest BCUT2D eigenvalue weighted by Crippen LogP contribution is 2.55. The minimum absolute atomic E-state index is 0.000317. The van der Waals surface area contributed by atoms with Crippen LogP contribution in [0.5, 0.6) is 11.5 Å². The average molecular weight is 685 g/mol. The zero-order chi connectivity index (χ0) is 30.6. The lowest BCUT2D eigenvalue weighted by Crippen LogP contribution is -2.44. The van der Waals surface area contributed by atoms with Crippen molar-refractivity contribution in [1.82, 2.24) is 4.90 Å². The number of hydrogen-bond acceptors (Lipinski definition) is 7. The summed E-state index contributed by atoms with van der Waals surface area (Å²) in [5, 5.41) is 11.2. The molecule has 9 heteroatoms. The first-order valence-corrected chi connectivity index (χ1v) is 15.4. The van der Waals surface area contributed by atoms with Crippen LogP contribution in [0.3, 0.4) is 0 Å². The Morgan fingerprint density at radius 1 is 0.976 bits per heavy atom. The van der Waals surface area contributed by atoms with Gasteiger partial charge in [0.15, 0.2) is 23.1 Å². The molecule has 0 unspecified atom stereocenters. The van der Waals surface area contributed by atoms with Gasteiger partial charge in [-0.05, 0) is 76.4 Å². The molecule has 0 atom stereocenters. The van der Waals surface area contributed by atoms with E-state index in [1.54, 1.807) is 19.2 Å². The van der Waals surface area contributed by atoms with Crippen molar-refractivity contribution in [2.24, 2.45) is 10.8 Å². The summed E-state index contributed by atoms with van der Waals surface area (Å²) < 4.78 is 12.7. The summed E-state index contributed by atoms with van der Waals surface area (Å²) in [6, 6.07) is 10.2. The average Bonchev–Trinajstić information content (AvgIpc) is 2.89. The number of hydrogen-bond donors (Lipinski definition) is 0. The van der Waals surface area contributed by atoms with Crippen molar-refractivity contribution in [2.45, 2.75) is 72.8 Å². The van der Waals surface area contributed by atoms with E-state index in [1.807, 2.05) is 12.1 Å². The number of benzene rings is 2. The molecule has 0 saturated heterocycles. The summed E-state index contributed by atoms with van der Waals surface area (Å²) in [7, 11) is 1.56. The van der Waals surface area contributed by atoms with Crippen LogP contribution in [0.25, 0.3) is 0 Å². The van der Waals surface area contributed by atoms with Crippen molar-refractivity contribution in [2.75, 3.05) is 13.7 Å². The minimum atomic E-state index is -0.474. The van der Waals surface area contributed by atoms with Crippen LogP contribution in [-0.2, 0) is 16.2 Å². The smallest absolute Gasteiger partial charge is 0.269 e. The quantitative estimate of drug-likeness (QED) is 0.169. The van der Waals surface area contributed by atoms with E-state index < -0.39 is 10.8 Å². The van der Waals surface area contributed by atoms with Crippen molar-refractivity contribution < 1.29 is 24.0 Å². The third kappa shape index (κ3) is 5.59. The fourth-order valence-electron chi connectivity index (χ4n) is 6.72. The Kier molecular flexibility index (Phi) is 8.02. The molecule has 3 aliphatic rings. The third-order valence-electron chi connectivity index (χ3n) is 8.43. The summed E-state index contributed by atoms with van der Waals surface area (Å²) in [4.78, 5) is 40.9. The first-order valence-electron chi connectivity index (χ1n) is 14.3. The number of non-ortho nitro benzene ring substituents is 1. The molecular formula is C33H37IN2O6. The molecule has 0 spiro atoms. The lowest BCUT2D eigenvalue weighted by atomic mass is 9.63. The van der Waals surface area contributed by atoms with Crippen LogP contribution in [0, 0.1) is 24.5 Å². The molecule has 0 radical (unpaired) electrons. The largest absolute Gasteiger partial charge is 0.493 e. The van der Waals surface area contributed by atoms with Gasteiger partial charge in [-0.25, -0.2) is 0 Å². The highest BCUT2D eigenvalue weighted by molar-refractivity contribution is 14.1. The van der Waals surface area contributed by atoms with Gasteiger partial charge in [-0.3, -0.25) is 19.7 Å². The van der Waals surface area contributed by atoms with Gasteiger partial charge in [-0.2, -0.15) is 0 Å². The second-order valence-corrected chi connectivity index (χ2v) is 14.2. The van der Waals surface area contributed by atoms with Crippen molar-refractivity contribution in [3.05, 3.63) is 83.7 Å². The number of nitro groups is 1. The van der Waals surface area contributed by atoms with E-state index in [0.29, 0.717) is 36.4 Å². The monoisotopic (exact) mass is 684 g/mol. The second kappa shape index (κ2) is 11.1. The van der Waals surface area contributed by atoms with Crippen LogP contribution in [0.1, 0.15) is 77.3 Å². The van der Waals surface area contributed by atoms with Gasteiger partial charge in [0.1, 0.15) is 6.61 Å². The predicted octanol–water partition coefficient (Wildman–Crippen LogP) is 7.49. The maximum absolute atomic E-state index is 13.9. The van der Waals surface area contributed by atoms with Gasteiger partial charge >= 0.3 is 0 Å². The molecule has 2 aliphatic carbocycles. The summed E-state index contributed by atoms with van der Waals surface area (Å²) in [5.74, 6) is 0.702. The predicted molar refractivity (Wildman–Crippen MR) is 168 cm³/mol. The van der Waals surface area contributed by atoms with E-state index in [-0.39, 0.29) is 34.7 Å². The third-order valence-corrected chi connectivity index (χ3v) is 9.23. The molecule has 0 aromatic heterocycles. The Labute approximate surface area is 260 Å². The molecule has 42 heavy (non-hydrogen) atoms. The molecule has 0 bridgehead atoms. The molecule has 0 N–H and O–H groups in total. The van der Waals surface area contributed by atoms with Crippen LogP contribution < -0.4 is 9.47 Å².